The van der Waals surface area contributed by atoms with Crippen molar-refractivity contribution in [2.75, 3.05) is 6.26 Å². The number of carbonyl (C=O) groups is 2. The highest BCUT2D eigenvalue weighted by Gasteiger charge is 2.21. The Morgan fingerprint density at radius 2 is 1.67 bits per heavy atom. The summed E-state index contributed by atoms with van der Waals surface area (Å²) in [5.41, 5.74) is 2.92. The molecule has 0 aliphatic rings. The summed E-state index contributed by atoms with van der Waals surface area (Å²) in [5.74, 6) is 0.344. The largest absolute Gasteiger partial charge is 0.333 e. The summed E-state index contributed by atoms with van der Waals surface area (Å²) in [6.45, 7) is 0.650. The molecule has 0 saturated heterocycles. The Morgan fingerprint density at radius 3 is 2.36 bits per heavy atom. The van der Waals surface area contributed by atoms with E-state index in [0.717, 1.165) is 22.4 Å². The average molecular weight is 521 g/mol. The molecule has 0 unspecified atom stereocenters. The van der Waals surface area contributed by atoms with E-state index in [9.17, 15) is 18.0 Å². The van der Waals surface area contributed by atoms with Crippen LogP contribution < -0.4 is 10.0 Å². The van der Waals surface area contributed by atoms with Gasteiger partial charge in [-0.1, -0.05) is 72.8 Å². The van der Waals surface area contributed by atoms with Gasteiger partial charge in [-0.2, -0.15) is 0 Å². The number of aldehydes is 1. The lowest BCUT2D eigenvalue weighted by molar-refractivity contribution is 0.111. The van der Waals surface area contributed by atoms with Gasteiger partial charge in [0.15, 0.2) is 12.1 Å². The maximum atomic E-state index is 13.0. The smallest absolute Gasteiger partial charge is 0.328 e. The number of rotatable bonds is 9. The highest BCUT2D eigenvalue weighted by molar-refractivity contribution is 7.98. The van der Waals surface area contributed by atoms with E-state index in [2.05, 4.69) is 15.0 Å². The second-order valence-corrected chi connectivity index (χ2v) is 10.3. The number of hydrogen-bond acceptors (Lipinski definition) is 6. The summed E-state index contributed by atoms with van der Waals surface area (Å²) >= 11 is 1.46. The highest BCUT2D eigenvalue weighted by atomic mass is 32.2. The minimum Gasteiger partial charge on any atom is -0.333 e. The van der Waals surface area contributed by atoms with Crippen molar-refractivity contribution in [3.63, 3.8) is 0 Å². The predicted octanol–water partition coefficient (Wildman–Crippen LogP) is 4.32. The van der Waals surface area contributed by atoms with Gasteiger partial charge in [0.2, 0.25) is 0 Å². The van der Waals surface area contributed by atoms with E-state index in [0.29, 0.717) is 23.5 Å². The molecule has 10 heteroatoms. The van der Waals surface area contributed by atoms with Crippen molar-refractivity contribution in [2.24, 2.45) is 0 Å². The van der Waals surface area contributed by atoms with E-state index < -0.39 is 16.1 Å². The molecule has 0 saturated carbocycles. The van der Waals surface area contributed by atoms with E-state index in [1.54, 1.807) is 22.8 Å². The van der Waals surface area contributed by atoms with Crippen molar-refractivity contribution in [1.82, 2.24) is 19.6 Å². The third kappa shape index (κ3) is 6.02. The summed E-state index contributed by atoms with van der Waals surface area (Å²) in [6, 6.07) is 22.3. The van der Waals surface area contributed by atoms with Gasteiger partial charge in [0.05, 0.1) is 4.90 Å². The van der Waals surface area contributed by atoms with Gasteiger partial charge in [0, 0.05) is 24.8 Å². The number of imidazole rings is 1. The van der Waals surface area contributed by atoms with Gasteiger partial charge in [-0.25, -0.2) is 22.9 Å². The van der Waals surface area contributed by atoms with E-state index >= 15 is 0 Å². The molecular weight excluding hydrogens is 496 g/mol. The molecule has 4 aromatic rings. The number of amides is 2. The molecule has 4 rings (SSSR count). The van der Waals surface area contributed by atoms with Crippen molar-refractivity contribution >= 4 is 34.1 Å². The first-order valence-corrected chi connectivity index (χ1v) is 13.7. The van der Waals surface area contributed by atoms with Gasteiger partial charge in [-0.15, -0.1) is 11.8 Å². The molecule has 8 nitrogen and oxygen atoms in total. The zero-order valence-corrected chi connectivity index (χ0v) is 21.1. The third-order valence-corrected chi connectivity index (χ3v) is 7.42. The Morgan fingerprint density at radius 1 is 0.972 bits per heavy atom. The van der Waals surface area contributed by atoms with Gasteiger partial charge in [-0.3, -0.25) is 4.79 Å². The number of carbonyl (C=O) groups excluding carboxylic acids is 2. The minimum absolute atomic E-state index is 0.00456. The van der Waals surface area contributed by atoms with E-state index in [1.807, 2.05) is 67.0 Å². The molecule has 1 heterocycles. The molecule has 2 N–H and O–H groups in total. The Balaban J connectivity index is 1.50. The van der Waals surface area contributed by atoms with Crippen molar-refractivity contribution in [3.8, 4) is 11.1 Å². The monoisotopic (exact) mass is 520 g/mol. The Kier molecular flexibility index (Phi) is 7.87. The number of sulfonamides is 1. The van der Waals surface area contributed by atoms with Crippen LogP contribution in [0, 0.1) is 0 Å². The maximum Gasteiger partial charge on any atom is 0.328 e. The summed E-state index contributed by atoms with van der Waals surface area (Å²) in [6.07, 6.45) is 4.43. The average Bonchev–Trinajstić information content (AvgIpc) is 3.30. The fourth-order valence-electron chi connectivity index (χ4n) is 3.64. The lowest BCUT2D eigenvalue weighted by Gasteiger charge is -2.13. The first kappa shape index (κ1) is 25.2. The summed E-state index contributed by atoms with van der Waals surface area (Å²) in [4.78, 5) is 27.9. The number of benzene rings is 3. The Hall–Kier alpha value is -3.89. The number of hydrogen-bond donors (Lipinski definition) is 2. The van der Waals surface area contributed by atoms with Crippen LogP contribution in [0.2, 0.25) is 0 Å². The molecular formula is C26H24N4O4S2. The second-order valence-electron chi connectivity index (χ2n) is 7.85. The van der Waals surface area contributed by atoms with Crippen LogP contribution in [0.4, 0.5) is 4.79 Å². The molecule has 2 amide bonds. The molecule has 0 radical (unpaired) electrons. The molecule has 184 valence electrons. The molecule has 0 fully saturated rings. The first-order valence-electron chi connectivity index (χ1n) is 11.0. The van der Waals surface area contributed by atoms with Crippen LogP contribution >= 0.6 is 11.8 Å². The maximum absolute atomic E-state index is 13.0. The van der Waals surface area contributed by atoms with Gasteiger partial charge < -0.3 is 9.88 Å². The molecule has 0 bridgehead atoms. The van der Waals surface area contributed by atoms with Crippen molar-refractivity contribution in [2.45, 2.75) is 23.0 Å². The van der Waals surface area contributed by atoms with Crippen molar-refractivity contribution < 1.29 is 18.0 Å². The molecule has 0 aliphatic heterocycles. The first-order chi connectivity index (χ1) is 17.4. The van der Waals surface area contributed by atoms with E-state index in [1.165, 1.54) is 17.8 Å². The van der Waals surface area contributed by atoms with E-state index in [-0.39, 0.29) is 11.4 Å². The molecule has 3 aromatic carbocycles. The zero-order chi connectivity index (χ0) is 25.5. The highest BCUT2D eigenvalue weighted by Crippen LogP contribution is 2.28. The van der Waals surface area contributed by atoms with Crippen LogP contribution in [0.3, 0.4) is 0 Å². The van der Waals surface area contributed by atoms with Crippen LogP contribution in [0.25, 0.3) is 11.1 Å². The molecule has 36 heavy (non-hydrogen) atoms. The Bertz CT molecular complexity index is 1470. The van der Waals surface area contributed by atoms with Crippen LogP contribution in [-0.2, 0) is 23.1 Å². The predicted molar refractivity (Wildman–Crippen MR) is 139 cm³/mol. The van der Waals surface area contributed by atoms with Crippen molar-refractivity contribution in [3.05, 3.63) is 102 Å². The number of nitrogens with one attached hydrogen (secondary N) is 2. The van der Waals surface area contributed by atoms with Crippen molar-refractivity contribution in [1.29, 1.82) is 0 Å². The summed E-state index contributed by atoms with van der Waals surface area (Å²) in [5, 5.41) is 3.32. The van der Waals surface area contributed by atoms with Crippen LogP contribution in [0.15, 0.2) is 95.0 Å². The zero-order valence-electron chi connectivity index (χ0n) is 19.4. The third-order valence-electron chi connectivity index (χ3n) is 5.42. The molecule has 1 aromatic heterocycles. The number of thioether (sulfide) groups is 1. The van der Waals surface area contributed by atoms with Gasteiger partial charge in [0.25, 0.3) is 10.0 Å². The Labute approximate surface area is 213 Å². The molecule has 0 aliphatic carbocycles. The van der Waals surface area contributed by atoms with Gasteiger partial charge in [0.1, 0.15) is 5.03 Å². The summed E-state index contributed by atoms with van der Waals surface area (Å²) in [7, 11) is -4.13. The molecule has 0 spiro atoms. The number of nitrogens with zero attached hydrogens (tertiary/aromatic N) is 2. The summed E-state index contributed by atoms with van der Waals surface area (Å²) < 4.78 is 29.9. The van der Waals surface area contributed by atoms with Crippen LogP contribution in [0.5, 0.6) is 0 Å². The topological polar surface area (TPSA) is 110 Å². The number of aromatic nitrogens is 2. The SMILES string of the molecule is CSc1cn(Cc2ccc(-c3ccccc3S(=O)(=O)NC(=O)NCc3ccccc3)cc2)c(C=O)n1. The standard InChI is InChI=1S/C26H24N4O4S2/c1-35-25-17-30(24(18-31)28-25)16-20-11-13-21(14-12-20)22-9-5-6-10-23(22)36(33,34)29-26(32)27-15-19-7-3-2-4-8-19/h2-14,17-18H,15-16H2,1H3,(H2,27,29,32). The van der Waals surface area contributed by atoms with Crippen LogP contribution in [0.1, 0.15) is 21.7 Å². The number of urea groups is 1. The lowest BCUT2D eigenvalue weighted by atomic mass is 10.0. The lowest BCUT2D eigenvalue weighted by Crippen LogP contribution is -2.39. The minimum atomic E-state index is -4.13. The fraction of sp³-hybridized carbons (Fsp3) is 0.115. The second kappa shape index (κ2) is 11.2. The van der Waals surface area contributed by atoms with Gasteiger partial charge in [-0.05, 0) is 29.0 Å². The van der Waals surface area contributed by atoms with E-state index in [4.69, 9.17) is 0 Å². The quantitative estimate of drug-likeness (QED) is 0.251. The van der Waals surface area contributed by atoms with Crippen LogP contribution in [-0.4, -0.2) is 36.5 Å². The van der Waals surface area contributed by atoms with Gasteiger partial charge >= 0.3 is 6.03 Å². The normalized spacial score (nSPS) is 11.1. The molecule has 0 atom stereocenters. The fourth-order valence-corrected chi connectivity index (χ4v) is 5.22.